The van der Waals surface area contributed by atoms with E-state index in [1.807, 2.05) is 31.2 Å². The van der Waals surface area contributed by atoms with Gasteiger partial charge in [-0.15, -0.1) is 11.3 Å². The summed E-state index contributed by atoms with van der Waals surface area (Å²) >= 11 is 1.50. The fourth-order valence-corrected chi connectivity index (χ4v) is 5.17. The van der Waals surface area contributed by atoms with Gasteiger partial charge < -0.3 is 5.32 Å². The van der Waals surface area contributed by atoms with E-state index < -0.39 is 0 Å². The minimum absolute atomic E-state index is 0.104. The molecule has 2 amide bonds. The van der Waals surface area contributed by atoms with Crippen LogP contribution in [0.25, 0.3) is 0 Å². The lowest BCUT2D eigenvalue weighted by atomic mass is 10.0. The zero-order chi connectivity index (χ0) is 19.5. The third-order valence-corrected chi connectivity index (χ3v) is 6.82. The maximum atomic E-state index is 12.8. The second kappa shape index (κ2) is 8.43. The van der Waals surface area contributed by atoms with Gasteiger partial charge in [0.15, 0.2) is 5.13 Å². The van der Waals surface area contributed by atoms with E-state index in [1.165, 1.54) is 37.0 Å². The van der Waals surface area contributed by atoms with E-state index in [0.29, 0.717) is 16.7 Å². The average molecular weight is 398 g/mol. The number of amides is 2. The Labute approximate surface area is 170 Å². The number of hydrogen-bond donors (Lipinski definition) is 2. The third-order valence-electron chi connectivity index (χ3n) is 5.77. The molecule has 2 aliphatic carbocycles. The molecule has 0 saturated heterocycles. The van der Waals surface area contributed by atoms with Gasteiger partial charge in [-0.1, -0.05) is 43.4 Å². The van der Waals surface area contributed by atoms with Gasteiger partial charge in [-0.2, -0.15) is 0 Å². The Morgan fingerprint density at radius 2 is 1.75 bits per heavy atom. The molecule has 2 N–H and O–H groups in total. The number of nitrogens with zero attached hydrogens (tertiary/aromatic N) is 1. The van der Waals surface area contributed by atoms with Gasteiger partial charge in [0, 0.05) is 16.5 Å². The summed E-state index contributed by atoms with van der Waals surface area (Å²) in [5, 5.41) is 6.74. The van der Waals surface area contributed by atoms with Gasteiger partial charge in [0.2, 0.25) is 5.91 Å². The first-order valence-electron chi connectivity index (χ1n) is 10.3. The summed E-state index contributed by atoms with van der Waals surface area (Å²) in [6.07, 6.45) is 8.79. The van der Waals surface area contributed by atoms with Gasteiger partial charge in [-0.3, -0.25) is 14.9 Å². The molecule has 1 atom stereocenters. The van der Waals surface area contributed by atoms with Crippen molar-refractivity contribution in [3.05, 3.63) is 46.0 Å². The Hall–Kier alpha value is -2.21. The van der Waals surface area contributed by atoms with Gasteiger partial charge in [0.05, 0.1) is 11.6 Å². The number of carbonyl (C=O) groups is 2. The summed E-state index contributed by atoms with van der Waals surface area (Å²) in [4.78, 5) is 31.0. The van der Waals surface area contributed by atoms with Crippen molar-refractivity contribution in [1.29, 1.82) is 0 Å². The maximum Gasteiger partial charge on any atom is 0.257 e. The number of carbonyl (C=O) groups excluding carboxylic acids is 2. The monoisotopic (exact) mass is 397 g/mol. The number of benzene rings is 1. The van der Waals surface area contributed by atoms with E-state index in [4.69, 9.17) is 0 Å². The zero-order valence-corrected chi connectivity index (χ0v) is 17.1. The number of aromatic nitrogens is 1. The Balaban J connectivity index is 1.41. The number of hydrogen-bond acceptors (Lipinski definition) is 4. The normalized spacial score (nSPS) is 19.7. The number of thiazole rings is 1. The van der Waals surface area contributed by atoms with Crippen LogP contribution in [0.15, 0.2) is 24.3 Å². The molecule has 0 spiro atoms. The van der Waals surface area contributed by atoms with E-state index in [2.05, 4.69) is 15.6 Å². The number of anilines is 1. The molecule has 5 nitrogen and oxygen atoms in total. The predicted octanol–water partition coefficient (Wildman–Crippen LogP) is 4.57. The summed E-state index contributed by atoms with van der Waals surface area (Å²) in [5.74, 6) is -0.237. The molecular formula is C22H27N3O2S. The molecule has 2 aromatic rings. The Kier molecular flexibility index (Phi) is 5.76. The van der Waals surface area contributed by atoms with Gasteiger partial charge >= 0.3 is 0 Å². The highest BCUT2D eigenvalue weighted by molar-refractivity contribution is 7.16. The fraction of sp³-hybridized carbons (Fsp3) is 0.500. The van der Waals surface area contributed by atoms with Crippen molar-refractivity contribution < 1.29 is 9.59 Å². The van der Waals surface area contributed by atoms with Gasteiger partial charge in [-0.25, -0.2) is 4.98 Å². The molecule has 1 saturated carbocycles. The average Bonchev–Trinajstić information content (AvgIpc) is 3.14. The van der Waals surface area contributed by atoms with Crippen LogP contribution >= 0.6 is 11.3 Å². The molecule has 6 heteroatoms. The highest BCUT2D eigenvalue weighted by atomic mass is 32.1. The predicted molar refractivity (Wildman–Crippen MR) is 112 cm³/mol. The molecule has 1 aromatic heterocycles. The molecule has 1 unspecified atom stereocenters. The Morgan fingerprint density at radius 1 is 1.04 bits per heavy atom. The molecule has 1 aromatic carbocycles. The largest absolute Gasteiger partial charge is 0.353 e. The molecular weight excluding hydrogens is 370 g/mol. The van der Waals surface area contributed by atoms with Crippen LogP contribution in [0.1, 0.15) is 77.4 Å². The first-order valence-corrected chi connectivity index (χ1v) is 11.1. The van der Waals surface area contributed by atoms with E-state index in [9.17, 15) is 9.59 Å². The quantitative estimate of drug-likeness (QED) is 0.742. The van der Waals surface area contributed by atoms with Crippen LogP contribution in [0, 0.1) is 6.92 Å². The Bertz CT molecular complexity index is 851. The topological polar surface area (TPSA) is 71.1 Å². The molecule has 148 valence electrons. The third kappa shape index (κ3) is 4.27. The lowest BCUT2D eigenvalue weighted by Crippen LogP contribution is -2.37. The number of fused-ring (bicyclic) bond motifs is 1. The van der Waals surface area contributed by atoms with E-state index in [1.54, 1.807) is 0 Å². The molecule has 0 bridgehead atoms. The van der Waals surface area contributed by atoms with Crippen molar-refractivity contribution in [1.82, 2.24) is 10.3 Å². The first-order chi connectivity index (χ1) is 13.6. The molecule has 0 radical (unpaired) electrons. The molecule has 1 heterocycles. The minimum atomic E-state index is -0.181. The molecule has 1 fully saturated rings. The van der Waals surface area contributed by atoms with Gasteiger partial charge in [0.25, 0.3) is 5.91 Å². The van der Waals surface area contributed by atoms with Crippen LogP contribution in [0.4, 0.5) is 5.13 Å². The number of nitrogens with one attached hydrogen (secondary N) is 2. The van der Waals surface area contributed by atoms with Crippen molar-refractivity contribution in [2.75, 3.05) is 5.32 Å². The Morgan fingerprint density at radius 3 is 2.46 bits per heavy atom. The van der Waals surface area contributed by atoms with Gasteiger partial charge in [-0.05, 0) is 44.7 Å². The van der Waals surface area contributed by atoms with Crippen LogP contribution in [0.3, 0.4) is 0 Å². The smallest absolute Gasteiger partial charge is 0.257 e. The summed E-state index contributed by atoms with van der Waals surface area (Å²) in [6.45, 7) is 1.99. The van der Waals surface area contributed by atoms with Crippen molar-refractivity contribution in [2.24, 2.45) is 0 Å². The molecule has 4 rings (SSSR count). The number of aryl methyl sites for hydroxylation is 2. The summed E-state index contributed by atoms with van der Waals surface area (Å²) < 4.78 is 0. The highest BCUT2D eigenvalue weighted by Crippen LogP contribution is 2.38. The first kappa shape index (κ1) is 19.1. The summed E-state index contributed by atoms with van der Waals surface area (Å²) in [7, 11) is 0. The van der Waals surface area contributed by atoms with Crippen molar-refractivity contribution in [3.8, 4) is 0 Å². The van der Waals surface area contributed by atoms with Crippen molar-refractivity contribution in [2.45, 2.75) is 70.3 Å². The van der Waals surface area contributed by atoms with E-state index in [0.717, 1.165) is 41.8 Å². The lowest BCUT2D eigenvalue weighted by molar-refractivity contribution is -0.123. The standard InChI is InChI=1S/C22H27N3O2S/c1-14-8-10-15(11-9-14)20(26)25-22-24-19-17(12-13-18(19)28-22)21(27)23-16-6-4-2-3-5-7-16/h8-11,16-17H,2-7,12-13H2,1H3,(H,23,27)(H,24,25,26). The molecule has 0 aliphatic heterocycles. The second-order valence-electron chi connectivity index (χ2n) is 7.94. The van der Waals surface area contributed by atoms with Crippen molar-refractivity contribution >= 4 is 28.3 Å². The van der Waals surface area contributed by atoms with Crippen LogP contribution < -0.4 is 10.6 Å². The van der Waals surface area contributed by atoms with E-state index >= 15 is 0 Å². The molecule has 28 heavy (non-hydrogen) atoms. The van der Waals surface area contributed by atoms with Crippen LogP contribution in [-0.4, -0.2) is 22.8 Å². The van der Waals surface area contributed by atoms with Crippen LogP contribution in [0.5, 0.6) is 0 Å². The maximum absolute atomic E-state index is 12.8. The zero-order valence-electron chi connectivity index (χ0n) is 16.3. The second-order valence-corrected chi connectivity index (χ2v) is 9.02. The van der Waals surface area contributed by atoms with Crippen molar-refractivity contribution in [3.63, 3.8) is 0 Å². The van der Waals surface area contributed by atoms with E-state index in [-0.39, 0.29) is 17.7 Å². The van der Waals surface area contributed by atoms with Gasteiger partial charge in [0.1, 0.15) is 0 Å². The highest BCUT2D eigenvalue weighted by Gasteiger charge is 2.33. The summed E-state index contributed by atoms with van der Waals surface area (Å²) in [6, 6.07) is 7.78. The molecule has 2 aliphatic rings. The summed E-state index contributed by atoms with van der Waals surface area (Å²) in [5.41, 5.74) is 2.59. The van der Waals surface area contributed by atoms with Crippen LogP contribution in [-0.2, 0) is 11.2 Å². The lowest BCUT2D eigenvalue weighted by Gasteiger charge is -2.19. The van der Waals surface area contributed by atoms with Crippen LogP contribution in [0.2, 0.25) is 0 Å². The SMILES string of the molecule is Cc1ccc(C(=O)Nc2nc3c(s2)CCC3C(=O)NC2CCCCCC2)cc1. The number of rotatable bonds is 4. The fourth-order valence-electron chi connectivity index (χ4n) is 4.14. The minimum Gasteiger partial charge on any atom is -0.353 e.